The van der Waals surface area contributed by atoms with E-state index in [2.05, 4.69) is 27.7 Å². The maximum Gasteiger partial charge on any atom is 2.00 e. The maximum absolute atomic E-state index is 11.1. The van der Waals surface area contributed by atoms with E-state index in [-0.39, 0.29) is 35.4 Å². The maximum atomic E-state index is 11.1. The van der Waals surface area contributed by atoms with Crippen molar-refractivity contribution in [2.75, 3.05) is 0 Å². The minimum atomic E-state index is 0. The Morgan fingerprint density at radius 3 is 1.03 bits per heavy atom. The number of unbranched alkanes of at least 4 members (excludes halogenated alkanes) is 2. The Labute approximate surface area is 229 Å². The summed E-state index contributed by atoms with van der Waals surface area (Å²) in [5, 5.41) is 22.1. The average Bonchev–Trinajstić information content (AvgIpc) is 2.90. The van der Waals surface area contributed by atoms with Crippen LogP contribution in [0.15, 0.2) is 109 Å². The summed E-state index contributed by atoms with van der Waals surface area (Å²) in [7, 11) is 0. The molecular weight excluding hydrogens is 535 g/mol. The van der Waals surface area contributed by atoms with Gasteiger partial charge in [-0.1, -0.05) is 163 Å². The third kappa shape index (κ3) is 14.3. The van der Waals surface area contributed by atoms with Crippen LogP contribution in [0.4, 0.5) is 0 Å². The molecule has 180 valence electrons. The van der Waals surface area contributed by atoms with Crippen LogP contribution in [0.3, 0.4) is 0 Å². The zero-order valence-corrected chi connectivity index (χ0v) is 23.8. The van der Waals surface area contributed by atoms with Crippen molar-refractivity contribution in [2.45, 2.75) is 39.5 Å². The number of rotatable bonds is 4. The second kappa shape index (κ2) is 20.6. The van der Waals surface area contributed by atoms with Gasteiger partial charge in [0.25, 0.3) is 0 Å². The van der Waals surface area contributed by atoms with E-state index in [1.54, 1.807) is 36.4 Å². The van der Waals surface area contributed by atoms with Crippen LogP contribution in [0, 0.1) is 13.8 Å². The van der Waals surface area contributed by atoms with Crippen LogP contribution < -0.4 is 10.2 Å². The molecule has 0 aromatic heterocycles. The Morgan fingerprint density at radius 2 is 0.771 bits per heavy atom. The van der Waals surface area contributed by atoms with Gasteiger partial charge in [-0.25, -0.2) is 0 Å². The van der Waals surface area contributed by atoms with E-state index in [0.717, 1.165) is 35.1 Å². The average molecular weight is 571 g/mol. The number of hydrogen-bond donors (Lipinski definition) is 0. The first-order valence-corrected chi connectivity index (χ1v) is 11.8. The fourth-order valence-electron chi connectivity index (χ4n) is 2.61. The van der Waals surface area contributed by atoms with Gasteiger partial charge in [0.1, 0.15) is 0 Å². The summed E-state index contributed by atoms with van der Waals surface area (Å²) in [5.41, 5.74) is 4.13. The molecule has 0 saturated heterocycles. The van der Waals surface area contributed by atoms with Gasteiger partial charge in [0.15, 0.2) is 0 Å². The van der Waals surface area contributed by atoms with Gasteiger partial charge in [-0.15, -0.1) is 11.5 Å². The van der Waals surface area contributed by atoms with E-state index >= 15 is 0 Å². The summed E-state index contributed by atoms with van der Waals surface area (Å²) >= 11 is 0. The molecule has 4 aromatic rings. The minimum absolute atomic E-state index is 0. The fraction of sp³-hybridized carbons (Fsp3) is 0.188. The van der Waals surface area contributed by atoms with Crippen LogP contribution in [-0.2, 0) is 0 Å². The first kappa shape index (κ1) is 32.3. The Kier molecular flexibility index (Phi) is 19.0. The molecule has 0 aliphatic carbocycles. The molecule has 0 fully saturated rings. The number of benzene rings is 4. The van der Waals surface area contributed by atoms with Crippen molar-refractivity contribution in [1.29, 1.82) is 0 Å². The molecule has 3 heteroatoms. The predicted molar refractivity (Wildman–Crippen MR) is 149 cm³/mol. The summed E-state index contributed by atoms with van der Waals surface area (Å²) in [5.74, 6) is 0.114. The molecule has 35 heavy (non-hydrogen) atoms. The molecule has 4 radical (unpaired) electrons. The summed E-state index contributed by atoms with van der Waals surface area (Å²) in [6, 6.07) is 33.6. The summed E-state index contributed by atoms with van der Waals surface area (Å²) < 4.78 is 0. The second-order valence-electron chi connectivity index (χ2n) is 7.49. The molecule has 0 atom stereocenters. The first-order valence-electron chi connectivity index (χ1n) is 11.8. The van der Waals surface area contributed by atoms with Crippen molar-refractivity contribution in [1.82, 2.24) is 0 Å². The molecule has 0 N–H and O–H groups in total. The van der Waals surface area contributed by atoms with Crippen molar-refractivity contribution in [3.8, 4) is 33.8 Å². The third-order valence-corrected chi connectivity index (χ3v) is 4.59. The van der Waals surface area contributed by atoms with Crippen molar-refractivity contribution in [3.05, 3.63) is 123 Å². The quantitative estimate of drug-likeness (QED) is 0.236. The summed E-state index contributed by atoms with van der Waals surface area (Å²) in [6.07, 6.45) is 4.56. The molecule has 0 unspecified atom stereocenters. The molecule has 2 nitrogen and oxygen atoms in total. The fourth-order valence-corrected chi connectivity index (χ4v) is 2.61. The normalized spacial score (nSPS) is 9.03. The van der Waals surface area contributed by atoms with E-state index in [0.29, 0.717) is 0 Å². The molecule has 0 heterocycles. The van der Waals surface area contributed by atoms with Crippen molar-refractivity contribution in [2.24, 2.45) is 0 Å². The Hall–Kier alpha value is -2.72. The predicted octanol–water partition coefficient (Wildman–Crippen LogP) is 7.71. The molecular formula is C32H36O2Sn. The molecule has 0 amide bonds. The van der Waals surface area contributed by atoms with Gasteiger partial charge < -0.3 is 10.2 Å². The summed E-state index contributed by atoms with van der Waals surface area (Å²) in [4.78, 5) is 0. The Morgan fingerprint density at radius 1 is 0.486 bits per heavy atom. The van der Waals surface area contributed by atoms with Gasteiger partial charge in [0.05, 0.1) is 0 Å². The molecule has 4 aromatic carbocycles. The monoisotopic (exact) mass is 572 g/mol. The zero-order chi connectivity index (χ0) is 25.0. The third-order valence-electron chi connectivity index (χ3n) is 4.59. The number of hydrogen-bond acceptors (Lipinski definition) is 2. The molecule has 0 bridgehead atoms. The van der Waals surface area contributed by atoms with Gasteiger partial charge in [-0.05, 0) is 22.3 Å². The van der Waals surface area contributed by atoms with Crippen LogP contribution in [0.2, 0.25) is 0 Å². The van der Waals surface area contributed by atoms with E-state index in [4.69, 9.17) is 0 Å². The SMILES string of the molecule is [CH2]CCC.[CH2]CCC.[O-]c1cccc(-c2ccccc2)c1.[O-]c1cccc(-c2ccccc2)c1.[Sn+2]. The topological polar surface area (TPSA) is 46.1 Å². The first-order chi connectivity index (χ1) is 16.5. The molecule has 0 saturated carbocycles. The van der Waals surface area contributed by atoms with E-state index in [1.807, 2.05) is 72.8 Å². The van der Waals surface area contributed by atoms with Crippen molar-refractivity contribution >= 4 is 23.9 Å². The van der Waals surface area contributed by atoms with Gasteiger partial charge in [-0.2, -0.15) is 0 Å². The Balaban J connectivity index is 0.000000499. The van der Waals surface area contributed by atoms with Gasteiger partial charge in [0, 0.05) is 0 Å². The summed E-state index contributed by atoms with van der Waals surface area (Å²) in [6.45, 7) is 11.4. The van der Waals surface area contributed by atoms with E-state index in [1.165, 1.54) is 12.8 Å². The largest absolute Gasteiger partial charge is 2.00 e. The second-order valence-corrected chi connectivity index (χ2v) is 7.49. The van der Waals surface area contributed by atoms with E-state index < -0.39 is 0 Å². The van der Waals surface area contributed by atoms with Gasteiger partial charge >= 0.3 is 23.9 Å². The van der Waals surface area contributed by atoms with Gasteiger partial charge in [-0.3, -0.25) is 0 Å². The van der Waals surface area contributed by atoms with Crippen molar-refractivity contribution in [3.63, 3.8) is 0 Å². The van der Waals surface area contributed by atoms with E-state index in [9.17, 15) is 10.2 Å². The molecule has 4 rings (SSSR count). The molecule has 0 spiro atoms. The standard InChI is InChI=1S/2C12H10O.2C4H9.Sn/c2*13-12-8-4-7-11(9-12)10-5-2-1-3-6-10;2*1-3-4-2;/h2*1-9,13H;2*1,3-4H2,2H3;/q;;;;+2/p-2. The van der Waals surface area contributed by atoms with Gasteiger partial charge in [0.2, 0.25) is 0 Å². The van der Waals surface area contributed by atoms with Crippen LogP contribution in [0.25, 0.3) is 22.3 Å². The molecule has 0 aliphatic heterocycles. The van der Waals surface area contributed by atoms with Crippen LogP contribution in [0.1, 0.15) is 39.5 Å². The van der Waals surface area contributed by atoms with Crippen LogP contribution >= 0.6 is 0 Å². The minimum Gasteiger partial charge on any atom is -0.872 e. The van der Waals surface area contributed by atoms with Crippen molar-refractivity contribution < 1.29 is 10.2 Å². The zero-order valence-electron chi connectivity index (χ0n) is 21.0. The molecule has 0 aliphatic rings. The van der Waals surface area contributed by atoms with Crippen LogP contribution in [-0.4, -0.2) is 23.9 Å². The smallest absolute Gasteiger partial charge is 0.872 e. The Bertz CT molecular complexity index is 929. The van der Waals surface area contributed by atoms with Crippen LogP contribution in [0.5, 0.6) is 11.5 Å².